The van der Waals surface area contributed by atoms with Crippen LogP contribution in [0.2, 0.25) is 0 Å². The van der Waals surface area contributed by atoms with Crippen molar-refractivity contribution < 1.29 is 23.9 Å². The monoisotopic (exact) mass is 733 g/mol. The van der Waals surface area contributed by atoms with Gasteiger partial charge in [-0.25, -0.2) is 29.4 Å². The Hall–Kier alpha value is -7.73. The summed E-state index contributed by atoms with van der Waals surface area (Å²) in [4.78, 5) is 72.1. The van der Waals surface area contributed by atoms with Crippen molar-refractivity contribution in [3.63, 3.8) is 0 Å². The third-order valence-corrected chi connectivity index (χ3v) is 10.9. The highest BCUT2D eigenvalue weighted by Crippen LogP contribution is 2.44. The van der Waals surface area contributed by atoms with Gasteiger partial charge < -0.3 is 4.74 Å². The van der Waals surface area contributed by atoms with Crippen molar-refractivity contribution in [1.29, 1.82) is 0 Å². The molecule has 0 N–H and O–H groups in total. The lowest BCUT2D eigenvalue weighted by Gasteiger charge is -2.32. The van der Waals surface area contributed by atoms with Crippen LogP contribution in [0.5, 0.6) is 0 Å². The van der Waals surface area contributed by atoms with Gasteiger partial charge in [-0.15, -0.1) is 0 Å². The van der Waals surface area contributed by atoms with Crippen molar-refractivity contribution in [3.05, 3.63) is 149 Å². The normalized spacial score (nSPS) is 13.9. The molecule has 2 aliphatic heterocycles. The Morgan fingerprint density at radius 3 is 1.30 bits per heavy atom. The summed E-state index contributed by atoms with van der Waals surface area (Å²) in [5.41, 5.74) is 7.27. The molecule has 0 saturated carbocycles. The molecule has 268 valence electrons. The first-order valence-electron chi connectivity index (χ1n) is 18.0. The van der Waals surface area contributed by atoms with E-state index in [0.29, 0.717) is 23.0 Å². The summed E-state index contributed by atoms with van der Waals surface area (Å²) in [7, 11) is 0. The van der Waals surface area contributed by atoms with Gasteiger partial charge in [0.2, 0.25) is 0 Å². The molecule has 5 heterocycles. The molecule has 0 fully saturated rings. The number of anilines is 1. The van der Waals surface area contributed by atoms with Crippen LogP contribution in [0.1, 0.15) is 58.9 Å². The molecule has 0 bridgehead atoms. The summed E-state index contributed by atoms with van der Waals surface area (Å²) < 4.78 is 11.0. The molecule has 0 unspecified atom stereocenters. The van der Waals surface area contributed by atoms with E-state index in [1.807, 2.05) is 115 Å². The number of amides is 2. The fraction of sp³-hybridized carbons (Fsp3) is 0.0682. The lowest BCUT2D eigenvalue weighted by atomic mass is 9.87. The highest BCUT2D eigenvalue weighted by atomic mass is 16.6. The van der Waals surface area contributed by atoms with E-state index in [4.69, 9.17) is 19.7 Å². The number of ether oxygens (including phenoxy) is 1. The maximum Gasteiger partial charge on any atom is 0.346 e. The Labute approximate surface area is 316 Å². The largest absolute Gasteiger partial charge is 0.386 e. The standard InChI is InChI=1S/C44H27N7O5/c1-22-45-30-10-4-7-13-33(30)48(22)25-20-36(49-23(2)46-31-11-5-8-14-34(31)49)40(37(21-25)50-24(3)47-32-12-6-9-15-35(32)50)51-41(52)26-16-18-28-39-29(44(55)56-43(28)54)19-17-27(38(26)39)42(51)53/h4-21H,1-3H3. The first-order valence-corrected chi connectivity index (χ1v) is 18.0. The second-order valence-electron chi connectivity index (χ2n) is 14.0. The van der Waals surface area contributed by atoms with Gasteiger partial charge in [-0.3, -0.25) is 23.3 Å². The lowest BCUT2D eigenvalue weighted by Crippen LogP contribution is -2.42. The number of esters is 2. The number of cyclic esters (lactones) is 2. The average molecular weight is 734 g/mol. The number of para-hydroxylation sites is 6. The van der Waals surface area contributed by atoms with E-state index < -0.39 is 23.8 Å². The van der Waals surface area contributed by atoms with Crippen molar-refractivity contribution in [3.8, 4) is 17.1 Å². The summed E-state index contributed by atoms with van der Waals surface area (Å²) in [6, 6.07) is 33.2. The van der Waals surface area contributed by atoms with E-state index in [9.17, 15) is 9.59 Å². The van der Waals surface area contributed by atoms with Crippen molar-refractivity contribution in [2.75, 3.05) is 4.90 Å². The highest BCUT2D eigenvalue weighted by Gasteiger charge is 2.41. The molecule has 11 rings (SSSR count). The number of fused-ring (bicyclic) bond motifs is 3. The molecule has 12 nitrogen and oxygen atoms in total. The zero-order valence-corrected chi connectivity index (χ0v) is 30.1. The molecule has 6 aromatic carbocycles. The maximum atomic E-state index is 15.2. The molecule has 2 aliphatic rings. The minimum absolute atomic E-state index is 0.115. The van der Waals surface area contributed by atoms with Gasteiger partial charge >= 0.3 is 11.9 Å². The fourth-order valence-electron chi connectivity index (χ4n) is 8.58. The minimum Gasteiger partial charge on any atom is -0.386 e. The number of rotatable bonds is 4. The minimum atomic E-state index is -0.832. The molecule has 3 aromatic heterocycles. The number of nitrogens with zero attached hydrogens (tertiary/aromatic N) is 7. The zero-order chi connectivity index (χ0) is 38.1. The van der Waals surface area contributed by atoms with Crippen LogP contribution in [-0.2, 0) is 4.74 Å². The lowest BCUT2D eigenvalue weighted by molar-refractivity contribution is 0.0390. The Morgan fingerprint density at radius 2 is 0.839 bits per heavy atom. The molecule has 56 heavy (non-hydrogen) atoms. The third kappa shape index (κ3) is 4.14. The van der Waals surface area contributed by atoms with E-state index >= 15 is 9.59 Å². The number of imide groups is 1. The number of aryl methyl sites for hydroxylation is 3. The molecular formula is C44H27N7O5. The zero-order valence-electron chi connectivity index (χ0n) is 30.1. The van der Waals surface area contributed by atoms with E-state index in [1.165, 1.54) is 29.2 Å². The molecule has 0 saturated heterocycles. The predicted molar refractivity (Wildman–Crippen MR) is 209 cm³/mol. The number of hydrogen-bond donors (Lipinski definition) is 0. The van der Waals surface area contributed by atoms with Gasteiger partial charge in [-0.05, 0) is 93.6 Å². The Morgan fingerprint density at radius 1 is 0.464 bits per heavy atom. The Bertz CT molecular complexity index is 3140. The van der Waals surface area contributed by atoms with Crippen LogP contribution in [0.25, 0.3) is 60.9 Å². The van der Waals surface area contributed by atoms with E-state index in [0.717, 1.165) is 44.6 Å². The molecular weight excluding hydrogens is 707 g/mol. The average Bonchev–Trinajstić information content (AvgIpc) is 3.84. The number of imidazole rings is 3. The SMILES string of the molecule is Cc1nc2ccccc2n1-c1cc(-n2c(C)nc3ccccc32)c(N2C(=O)c3ccc4c5c(ccc(c35)C2=O)C(=O)OC4=O)c(-n2c(C)nc3ccccc32)c1. The molecule has 12 heteroatoms. The first-order chi connectivity index (χ1) is 27.2. The Kier molecular flexibility index (Phi) is 6.32. The molecule has 2 amide bonds. The van der Waals surface area contributed by atoms with Crippen LogP contribution in [-0.4, -0.2) is 52.4 Å². The molecule has 9 aromatic rings. The van der Waals surface area contributed by atoms with Gasteiger partial charge in [0.1, 0.15) is 23.2 Å². The van der Waals surface area contributed by atoms with Crippen molar-refractivity contribution in [2.24, 2.45) is 0 Å². The first kappa shape index (κ1) is 31.8. The quantitative estimate of drug-likeness (QED) is 0.101. The number of aromatic nitrogens is 6. The number of carbonyl (C=O) groups excluding carboxylic acids is 4. The van der Waals surface area contributed by atoms with Crippen LogP contribution in [0.3, 0.4) is 0 Å². The second-order valence-corrected chi connectivity index (χ2v) is 14.0. The van der Waals surface area contributed by atoms with Crippen LogP contribution in [0.15, 0.2) is 109 Å². The fourth-order valence-corrected chi connectivity index (χ4v) is 8.58. The van der Waals surface area contributed by atoms with Crippen LogP contribution in [0.4, 0.5) is 5.69 Å². The van der Waals surface area contributed by atoms with Gasteiger partial charge in [0, 0.05) is 21.9 Å². The summed E-state index contributed by atoms with van der Waals surface area (Å²) in [5, 5.41) is 0.471. The van der Waals surface area contributed by atoms with Crippen LogP contribution >= 0.6 is 0 Å². The molecule has 0 spiro atoms. The Balaban J connectivity index is 1.30. The van der Waals surface area contributed by atoms with Gasteiger partial charge in [0.05, 0.1) is 61.3 Å². The molecule has 0 atom stereocenters. The van der Waals surface area contributed by atoms with Crippen LogP contribution < -0.4 is 4.90 Å². The number of carbonyl (C=O) groups is 4. The second kappa shape index (κ2) is 11.1. The van der Waals surface area contributed by atoms with Gasteiger partial charge in [-0.2, -0.15) is 0 Å². The predicted octanol–water partition coefficient (Wildman–Crippen LogP) is 7.89. The van der Waals surface area contributed by atoms with E-state index in [1.54, 1.807) is 0 Å². The number of hydrogen-bond acceptors (Lipinski definition) is 8. The topological polar surface area (TPSA) is 134 Å². The van der Waals surface area contributed by atoms with Crippen molar-refractivity contribution in [1.82, 2.24) is 28.7 Å². The van der Waals surface area contributed by atoms with Gasteiger partial charge in [0.15, 0.2) is 0 Å². The summed E-state index contributed by atoms with van der Waals surface area (Å²) in [6.45, 7) is 5.72. The maximum absolute atomic E-state index is 15.2. The molecule has 0 aliphatic carbocycles. The summed E-state index contributed by atoms with van der Waals surface area (Å²) in [5.74, 6) is -0.919. The molecule has 0 radical (unpaired) electrons. The van der Waals surface area contributed by atoms with Crippen molar-refractivity contribution in [2.45, 2.75) is 20.8 Å². The third-order valence-electron chi connectivity index (χ3n) is 10.9. The summed E-state index contributed by atoms with van der Waals surface area (Å²) in [6.07, 6.45) is 0. The van der Waals surface area contributed by atoms with E-state index in [2.05, 4.69) is 4.57 Å². The van der Waals surface area contributed by atoms with Crippen LogP contribution in [0, 0.1) is 20.8 Å². The summed E-state index contributed by atoms with van der Waals surface area (Å²) >= 11 is 0. The van der Waals surface area contributed by atoms with Crippen molar-refractivity contribution >= 4 is 73.3 Å². The smallest absolute Gasteiger partial charge is 0.346 e. The number of benzene rings is 6. The van der Waals surface area contributed by atoms with E-state index in [-0.39, 0.29) is 38.7 Å². The van der Waals surface area contributed by atoms with Gasteiger partial charge in [0.25, 0.3) is 11.8 Å². The van der Waals surface area contributed by atoms with Gasteiger partial charge in [-0.1, -0.05) is 36.4 Å². The highest BCUT2D eigenvalue weighted by molar-refractivity contribution is 6.39.